The molecule has 0 radical (unpaired) electrons. The van der Waals surface area contributed by atoms with Crippen LogP contribution in [0.15, 0.2) is 65.6 Å². The Labute approximate surface area is 200 Å². The minimum absolute atomic E-state index is 0.177. The summed E-state index contributed by atoms with van der Waals surface area (Å²) in [6.07, 6.45) is 0. The van der Waals surface area contributed by atoms with E-state index in [4.69, 9.17) is 4.74 Å². The van der Waals surface area contributed by atoms with E-state index in [9.17, 15) is 13.2 Å². The number of ether oxygens (including phenoxy) is 1. The van der Waals surface area contributed by atoms with Gasteiger partial charge in [-0.2, -0.15) is 0 Å². The Kier molecular flexibility index (Phi) is 6.23. The third-order valence-electron chi connectivity index (χ3n) is 5.90. The van der Waals surface area contributed by atoms with Crippen LogP contribution in [0.1, 0.15) is 39.7 Å². The molecule has 0 aliphatic carbocycles. The third kappa shape index (κ3) is 4.31. The molecular formula is C27H28N2O4S. The van der Waals surface area contributed by atoms with Crippen molar-refractivity contribution in [2.24, 2.45) is 0 Å². The van der Waals surface area contributed by atoms with Crippen LogP contribution in [-0.2, 0) is 14.8 Å². The first-order valence-corrected chi connectivity index (χ1v) is 12.6. The Morgan fingerprint density at radius 2 is 1.50 bits per heavy atom. The highest BCUT2D eigenvalue weighted by molar-refractivity contribution is 7.92. The van der Waals surface area contributed by atoms with Gasteiger partial charge in [0.2, 0.25) is 0 Å². The first kappa shape index (κ1) is 23.6. The van der Waals surface area contributed by atoms with Crippen molar-refractivity contribution in [1.82, 2.24) is 4.57 Å². The number of aryl methyl sites for hydroxylation is 3. The van der Waals surface area contributed by atoms with E-state index in [1.807, 2.05) is 62.6 Å². The first-order chi connectivity index (χ1) is 16.1. The van der Waals surface area contributed by atoms with Gasteiger partial charge in [-0.1, -0.05) is 35.4 Å². The molecule has 1 aromatic heterocycles. The second kappa shape index (κ2) is 8.99. The van der Waals surface area contributed by atoms with E-state index in [1.165, 1.54) is 0 Å². The van der Waals surface area contributed by atoms with Crippen molar-refractivity contribution in [2.45, 2.75) is 39.5 Å². The molecule has 0 spiro atoms. The molecular weight excluding hydrogens is 448 g/mol. The maximum absolute atomic E-state index is 13.0. The standard InChI is InChI=1S/C27H28N2O4S/c1-6-33-27(30)26-20(5)29(21-11-7-17(2)8-12-21)25-15-19(4)24(16-23(25)26)28-34(31,32)22-13-9-18(3)10-14-22/h7-16,28H,6H2,1-5H3. The molecule has 0 aliphatic heterocycles. The van der Waals surface area contributed by atoms with Gasteiger partial charge in [-0.25, -0.2) is 13.2 Å². The van der Waals surface area contributed by atoms with Gasteiger partial charge in [0.1, 0.15) is 0 Å². The van der Waals surface area contributed by atoms with E-state index in [0.717, 1.165) is 33.6 Å². The summed E-state index contributed by atoms with van der Waals surface area (Å²) < 4.78 is 36.1. The van der Waals surface area contributed by atoms with Crippen molar-refractivity contribution >= 4 is 32.6 Å². The SMILES string of the molecule is CCOC(=O)c1c(C)n(-c2ccc(C)cc2)c2cc(C)c(NS(=O)(=O)c3ccc(C)cc3)cc12. The van der Waals surface area contributed by atoms with Gasteiger partial charge in [-0.15, -0.1) is 0 Å². The lowest BCUT2D eigenvalue weighted by molar-refractivity contribution is 0.0527. The predicted octanol–water partition coefficient (Wildman–Crippen LogP) is 5.84. The number of hydrogen-bond donors (Lipinski definition) is 1. The van der Waals surface area contributed by atoms with Crippen LogP contribution in [0.25, 0.3) is 16.6 Å². The molecule has 0 saturated carbocycles. The lowest BCUT2D eigenvalue weighted by Crippen LogP contribution is -2.14. The number of nitrogens with zero attached hydrogens (tertiary/aromatic N) is 1. The van der Waals surface area contributed by atoms with Crippen LogP contribution in [0, 0.1) is 27.7 Å². The quantitative estimate of drug-likeness (QED) is 0.355. The second-order valence-corrected chi connectivity index (χ2v) is 10.1. The van der Waals surface area contributed by atoms with Crippen LogP contribution in [0.4, 0.5) is 5.69 Å². The Bertz CT molecular complexity index is 1480. The fourth-order valence-corrected chi connectivity index (χ4v) is 5.21. The van der Waals surface area contributed by atoms with Gasteiger partial charge in [0.05, 0.1) is 28.3 Å². The van der Waals surface area contributed by atoms with Crippen LogP contribution < -0.4 is 4.72 Å². The Hall–Kier alpha value is -3.58. The molecule has 0 fully saturated rings. The minimum Gasteiger partial charge on any atom is -0.462 e. The second-order valence-electron chi connectivity index (χ2n) is 8.45. The van der Waals surface area contributed by atoms with Crippen LogP contribution in [0.2, 0.25) is 0 Å². The number of benzene rings is 3. The number of hydrogen-bond acceptors (Lipinski definition) is 4. The molecule has 3 aromatic carbocycles. The van der Waals surface area contributed by atoms with Crippen LogP contribution in [0.3, 0.4) is 0 Å². The van der Waals surface area contributed by atoms with Gasteiger partial charge in [-0.05, 0) is 76.6 Å². The summed E-state index contributed by atoms with van der Waals surface area (Å²) in [6, 6.07) is 18.3. The Morgan fingerprint density at radius 3 is 2.09 bits per heavy atom. The summed E-state index contributed by atoms with van der Waals surface area (Å²) in [5.74, 6) is -0.438. The molecule has 0 bridgehead atoms. The summed E-state index contributed by atoms with van der Waals surface area (Å²) in [4.78, 5) is 13.1. The molecule has 176 valence electrons. The van der Waals surface area contributed by atoms with E-state index >= 15 is 0 Å². The predicted molar refractivity (Wildman–Crippen MR) is 135 cm³/mol. The molecule has 0 unspecified atom stereocenters. The number of anilines is 1. The van der Waals surface area contributed by atoms with Crippen molar-refractivity contribution in [3.8, 4) is 5.69 Å². The number of sulfonamides is 1. The molecule has 1 heterocycles. The highest BCUT2D eigenvalue weighted by Gasteiger charge is 2.24. The van der Waals surface area contributed by atoms with Gasteiger partial charge in [0, 0.05) is 16.8 Å². The topological polar surface area (TPSA) is 77.4 Å². The highest BCUT2D eigenvalue weighted by atomic mass is 32.2. The number of nitrogens with one attached hydrogen (secondary N) is 1. The van der Waals surface area contributed by atoms with Gasteiger partial charge in [0.25, 0.3) is 10.0 Å². The molecule has 1 N–H and O–H groups in total. The zero-order valence-electron chi connectivity index (χ0n) is 20.0. The highest BCUT2D eigenvalue weighted by Crippen LogP contribution is 2.34. The molecule has 0 amide bonds. The number of fused-ring (bicyclic) bond motifs is 1. The summed E-state index contributed by atoms with van der Waals surface area (Å²) >= 11 is 0. The molecule has 0 atom stereocenters. The summed E-state index contributed by atoms with van der Waals surface area (Å²) in [7, 11) is -3.80. The fraction of sp³-hybridized carbons (Fsp3) is 0.222. The molecule has 0 aliphatic rings. The minimum atomic E-state index is -3.80. The molecule has 6 nitrogen and oxygen atoms in total. The Morgan fingerprint density at radius 1 is 0.912 bits per heavy atom. The van der Waals surface area contributed by atoms with Crippen molar-refractivity contribution in [3.63, 3.8) is 0 Å². The average Bonchev–Trinajstić information content (AvgIpc) is 3.05. The van der Waals surface area contributed by atoms with Crippen LogP contribution in [-0.4, -0.2) is 25.6 Å². The molecule has 0 saturated heterocycles. The monoisotopic (exact) mass is 476 g/mol. The number of rotatable bonds is 6. The first-order valence-electron chi connectivity index (χ1n) is 11.1. The number of aromatic nitrogens is 1. The molecule has 4 rings (SSSR count). The van der Waals surface area contributed by atoms with Crippen molar-refractivity contribution in [1.29, 1.82) is 0 Å². The van der Waals surface area contributed by atoms with Crippen LogP contribution in [0.5, 0.6) is 0 Å². The van der Waals surface area contributed by atoms with Gasteiger partial charge < -0.3 is 9.30 Å². The third-order valence-corrected chi connectivity index (χ3v) is 7.28. The van der Waals surface area contributed by atoms with Crippen molar-refractivity contribution in [3.05, 3.63) is 88.6 Å². The van der Waals surface area contributed by atoms with E-state index in [2.05, 4.69) is 4.72 Å². The lowest BCUT2D eigenvalue weighted by Gasteiger charge is -2.13. The maximum atomic E-state index is 13.0. The van der Waals surface area contributed by atoms with Gasteiger partial charge >= 0.3 is 5.97 Å². The number of carbonyl (C=O) groups excluding carboxylic acids is 1. The van der Waals surface area contributed by atoms with Crippen LogP contribution >= 0.6 is 0 Å². The summed E-state index contributed by atoms with van der Waals surface area (Å²) in [5, 5.41) is 0.628. The average molecular weight is 477 g/mol. The number of esters is 1. The smallest absolute Gasteiger partial charge is 0.340 e. The zero-order chi connectivity index (χ0) is 24.6. The molecule has 4 aromatic rings. The van der Waals surface area contributed by atoms with Crippen molar-refractivity contribution in [2.75, 3.05) is 11.3 Å². The number of carbonyl (C=O) groups is 1. The van der Waals surface area contributed by atoms with E-state index in [-0.39, 0.29) is 11.5 Å². The summed E-state index contributed by atoms with van der Waals surface area (Å²) in [6.45, 7) is 9.65. The van der Waals surface area contributed by atoms with E-state index < -0.39 is 16.0 Å². The zero-order valence-corrected chi connectivity index (χ0v) is 20.8. The van der Waals surface area contributed by atoms with Gasteiger partial charge in [0.15, 0.2) is 0 Å². The van der Waals surface area contributed by atoms with E-state index in [1.54, 1.807) is 37.3 Å². The normalized spacial score (nSPS) is 11.6. The van der Waals surface area contributed by atoms with E-state index in [0.29, 0.717) is 16.6 Å². The Balaban J connectivity index is 1.90. The van der Waals surface area contributed by atoms with Gasteiger partial charge in [-0.3, -0.25) is 4.72 Å². The molecule has 34 heavy (non-hydrogen) atoms. The lowest BCUT2D eigenvalue weighted by atomic mass is 10.1. The van der Waals surface area contributed by atoms with Crippen molar-refractivity contribution < 1.29 is 17.9 Å². The fourth-order valence-electron chi connectivity index (χ4n) is 4.08. The molecule has 7 heteroatoms. The summed E-state index contributed by atoms with van der Waals surface area (Å²) in [5.41, 5.74) is 6.14. The maximum Gasteiger partial charge on any atom is 0.340 e. The largest absolute Gasteiger partial charge is 0.462 e.